The summed E-state index contributed by atoms with van der Waals surface area (Å²) in [6.45, 7) is 4.18. The normalized spacial score (nSPS) is 18.2. The molecule has 0 aliphatic carbocycles. The minimum atomic E-state index is -0.367. The van der Waals surface area contributed by atoms with Gasteiger partial charge in [0.15, 0.2) is 5.82 Å². The van der Waals surface area contributed by atoms with Gasteiger partial charge in [0.05, 0.1) is 6.04 Å². The molecule has 0 unspecified atom stereocenters. The zero-order chi connectivity index (χ0) is 19.5. The van der Waals surface area contributed by atoms with Gasteiger partial charge in [-0.15, -0.1) is 10.2 Å². The molecule has 0 saturated heterocycles. The largest absolute Gasteiger partial charge is 0.325 e. The van der Waals surface area contributed by atoms with Gasteiger partial charge in [0.2, 0.25) is 11.1 Å². The van der Waals surface area contributed by atoms with Crippen LogP contribution in [0.1, 0.15) is 36.3 Å². The van der Waals surface area contributed by atoms with Gasteiger partial charge in [-0.05, 0) is 31.0 Å². The van der Waals surface area contributed by atoms with E-state index in [1.165, 1.54) is 17.3 Å². The molecule has 1 amide bonds. The SMILES string of the molecule is CCCc1nnc2n1N[C@@H](c1ccc(C)cc1)[C@@H](C(=O)Nc1ccccc1)S2. The Morgan fingerprint density at radius 3 is 2.61 bits per heavy atom. The second-order valence-electron chi connectivity index (χ2n) is 6.90. The van der Waals surface area contributed by atoms with Gasteiger partial charge >= 0.3 is 0 Å². The van der Waals surface area contributed by atoms with Crippen LogP contribution >= 0.6 is 11.8 Å². The second kappa shape index (κ2) is 8.06. The van der Waals surface area contributed by atoms with Crippen LogP contribution in [0, 0.1) is 6.92 Å². The van der Waals surface area contributed by atoms with Gasteiger partial charge in [-0.1, -0.05) is 66.7 Å². The van der Waals surface area contributed by atoms with Crippen molar-refractivity contribution in [1.29, 1.82) is 0 Å². The molecule has 144 valence electrons. The van der Waals surface area contributed by atoms with Crippen LogP contribution in [0.4, 0.5) is 5.69 Å². The third-order valence-corrected chi connectivity index (χ3v) is 5.93. The molecular formula is C21H23N5OS. The summed E-state index contributed by atoms with van der Waals surface area (Å²) in [6, 6.07) is 17.6. The summed E-state index contributed by atoms with van der Waals surface area (Å²) < 4.78 is 1.94. The van der Waals surface area contributed by atoms with Crippen LogP contribution in [0.3, 0.4) is 0 Å². The van der Waals surface area contributed by atoms with Crippen molar-refractivity contribution >= 4 is 23.4 Å². The topological polar surface area (TPSA) is 71.8 Å². The lowest BCUT2D eigenvalue weighted by molar-refractivity contribution is -0.116. The number of amides is 1. The molecule has 2 heterocycles. The summed E-state index contributed by atoms with van der Waals surface area (Å²) >= 11 is 1.45. The van der Waals surface area contributed by atoms with Crippen LogP contribution in [0.25, 0.3) is 0 Å². The van der Waals surface area contributed by atoms with Crippen LogP contribution < -0.4 is 10.7 Å². The average Bonchev–Trinajstić information content (AvgIpc) is 3.11. The predicted octanol–water partition coefficient (Wildman–Crippen LogP) is 3.94. The molecule has 1 aliphatic rings. The first-order valence-corrected chi connectivity index (χ1v) is 10.3. The van der Waals surface area contributed by atoms with Crippen molar-refractivity contribution in [3.63, 3.8) is 0 Å². The molecule has 2 atom stereocenters. The Kier molecular flexibility index (Phi) is 5.34. The molecule has 0 spiro atoms. The summed E-state index contributed by atoms with van der Waals surface area (Å²) in [5.41, 5.74) is 6.53. The highest BCUT2D eigenvalue weighted by Gasteiger charge is 2.37. The highest BCUT2D eigenvalue weighted by Crippen LogP contribution is 2.37. The first-order chi connectivity index (χ1) is 13.7. The van der Waals surface area contributed by atoms with Crippen LogP contribution in [-0.4, -0.2) is 26.0 Å². The minimum Gasteiger partial charge on any atom is -0.325 e. The summed E-state index contributed by atoms with van der Waals surface area (Å²) in [7, 11) is 0. The third kappa shape index (κ3) is 3.75. The second-order valence-corrected chi connectivity index (χ2v) is 8.00. The Bertz CT molecular complexity index is 955. The number of carbonyl (C=O) groups is 1. The Hall–Kier alpha value is -2.80. The fourth-order valence-electron chi connectivity index (χ4n) is 3.24. The van der Waals surface area contributed by atoms with Crippen molar-refractivity contribution in [2.24, 2.45) is 0 Å². The maximum absolute atomic E-state index is 13.1. The number of carbonyl (C=O) groups excluding carboxylic acids is 1. The number of aromatic nitrogens is 3. The maximum Gasteiger partial charge on any atom is 0.240 e. The smallest absolute Gasteiger partial charge is 0.240 e. The average molecular weight is 394 g/mol. The summed E-state index contributed by atoms with van der Waals surface area (Å²) in [6.07, 6.45) is 1.82. The molecule has 0 fully saturated rings. The number of hydrogen-bond donors (Lipinski definition) is 2. The van der Waals surface area contributed by atoms with Crippen molar-refractivity contribution < 1.29 is 4.79 Å². The van der Waals surface area contributed by atoms with Crippen LogP contribution in [0.15, 0.2) is 59.8 Å². The Morgan fingerprint density at radius 2 is 1.89 bits per heavy atom. The molecule has 2 aromatic carbocycles. The molecular weight excluding hydrogens is 370 g/mol. The Labute approximate surface area is 168 Å². The number of fused-ring (bicyclic) bond motifs is 1. The highest BCUT2D eigenvalue weighted by molar-refractivity contribution is 8.00. The standard InChI is InChI=1S/C21H23N5OS/c1-3-7-17-23-24-21-26(17)25-18(15-12-10-14(2)11-13-15)19(28-21)20(27)22-16-8-5-4-6-9-16/h4-6,8-13,18-19,25H,3,7H2,1-2H3,(H,22,27)/t18-,19-/m0/s1. The molecule has 1 aliphatic heterocycles. The number of hydrogen-bond acceptors (Lipinski definition) is 5. The first kappa shape index (κ1) is 18.6. The van der Waals surface area contributed by atoms with Crippen molar-refractivity contribution in [3.8, 4) is 0 Å². The Balaban J connectivity index is 1.66. The van der Waals surface area contributed by atoms with E-state index in [9.17, 15) is 4.79 Å². The van der Waals surface area contributed by atoms with E-state index in [-0.39, 0.29) is 17.2 Å². The van der Waals surface area contributed by atoms with Crippen molar-refractivity contribution in [1.82, 2.24) is 14.9 Å². The molecule has 2 N–H and O–H groups in total. The molecule has 7 heteroatoms. The number of nitrogens with zero attached hydrogens (tertiary/aromatic N) is 3. The van der Waals surface area contributed by atoms with E-state index in [2.05, 4.69) is 59.1 Å². The molecule has 0 bridgehead atoms. The van der Waals surface area contributed by atoms with Crippen molar-refractivity contribution in [2.45, 2.75) is 43.1 Å². The van der Waals surface area contributed by atoms with Gasteiger partial charge < -0.3 is 10.7 Å². The van der Waals surface area contributed by atoms with E-state index < -0.39 is 0 Å². The zero-order valence-corrected chi connectivity index (χ0v) is 16.7. The molecule has 4 rings (SSSR count). The zero-order valence-electron chi connectivity index (χ0n) is 15.9. The van der Waals surface area contributed by atoms with E-state index in [4.69, 9.17) is 0 Å². The molecule has 3 aromatic rings. The van der Waals surface area contributed by atoms with E-state index in [0.717, 1.165) is 35.1 Å². The quantitative estimate of drug-likeness (QED) is 0.687. The first-order valence-electron chi connectivity index (χ1n) is 9.45. The fraction of sp³-hybridized carbons (Fsp3) is 0.286. The van der Waals surface area contributed by atoms with Gasteiger partial charge in [-0.3, -0.25) is 4.79 Å². The third-order valence-electron chi connectivity index (χ3n) is 4.71. The fourth-order valence-corrected chi connectivity index (χ4v) is 4.34. The lowest BCUT2D eigenvalue weighted by atomic mass is 10.0. The van der Waals surface area contributed by atoms with Gasteiger partial charge in [0.1, 0.15) is 5.25 Å². The van der Waals surface area contributed by atoms with E-state index >= 15 is 0 Å². The molecule has 0 radical (unpaired) electrons. The number of rotatable bonds is 5. The van der Waals surface area contributed by atoms with Gasteiger partial charge in [0, 0.05) is 12.1 Å². The summed E-state index contributed by atoms with van der Waals surface area (Å²) in [5, 5.41) is 12.0. The Morgan fingerprint density at radius 1 is 1.14 bits per heavy atom. The predicted molar refractivity (Wildman–Crippen MR) is 112 cm³/mol. The number of nitrogens with one attached hydrogen (secondary N) is 2. The van der Waals surface area contributed by atoms with E-state index in [0.29, 0.717) is 0 Å². The minimum absolute atomic E-state index is 0.0550. The lowest BCUT2D eigenvalue weighted by Gasteiger charge is -2.33. The lowest BCUT2D eigenvalue weighted by Crippen LogP contribution is -2.41. The van der Waals surface area contributed by atoms with E-state index in [1.807, 2.05) is 35.0 Å². The highest BCUT2D eigenvalue weighted by atomic mass is 32.2. The summed E-state index contributed by atoms with van der Waals surface area (Å²) in [5.74, 6) is 0.838. The molecule has 1 aromatic heterocycles. The number of anilines is 1. The summed E-state index contributed by atoms with van der Waals surface area (Å²) in [4.78, 5) is 13.1. The van der Waals surface area contributed by atoms with Gasteiger partial charge in [-0.25, -0.2) is 4.68 Å². The number of aryl methyl sites for hydroxylation is 2. The maximum atomic E-state index is 13.1. The van der Waals surface area contributed by atoms with Gasteiger partial charge in [0.25, 0.3) is 0 Å². The van der Waals surface area contributed by atoms with Crippen LogP contribution in [-0.2, 0) is 11.2 Å². The number of benzene rings is 2. The molecule has 6 nitrogen and oxygen atoms in total. The number of thioether (sulfide) groups is 1. The van der Waals surface area contributed by atoms with E-state index in [1.54, 1.807) is 0 Å². The molecule has 0 saturated carbocycles. The number of para-hydroxylation sites is 1. The van der Waals surface area contributed by atoms with Crippen molar-refractivity contribution in [2.75, 3.05) is 10.7 Å². The molecule has 28 heavy (non-hydrogen) atoms. The van der Waals surface area contributed by atoms with Crippen molar-refractivity contribution in [3.05, 3.63) is 71.5 Å². The monoisotopic (exact) mass is 393 g/mol. The van der Waals surface area contributed by atoms with Crippen LogP contribution in [0.2, 0.25) is 0 Å². The van der Waals surface area contributed by atoms with Crippen LogP contribution in [0.5, 0.6) is 0 Å². The van der Waals surface area contributed by atoms with Gasteiger partial charge in [-0.2, -0.15) is 0 Å².